The molecule has 106 valence electrons. The molecule has 3 heteroatoms. The van der Waals surface area contributed by atoms with E-state index in [0.717, 1.165) is 31.6 Å². The Kier molecular flexibility index (Phi) is 5.37. The highest BCUT2D eigenvalue weighted by molar-refractivity contribution is 5.27. The van der Waals surface area contributed by atoms with E-state index < -0.39 is 0 Å². The van der Waals surface area contributed by atoms with Gasteiger partial charge in [0.25, 0.3) is 0 Å². The van der Waals surface area contributed by atoms with E-state index >= 15 is 0 Å². The number of aliphatic hydroxyl groups excluding tert-OH is 1. The average molecular weight is 263 g/mol. The summed E-state index contributed by atoms with van der Waals surface area (Å²) >= 11 is 0. The van der Waals surface area contributed by atoms with Gasteiger partial charge in [-0.25, -0.2) is 0 Å². The monoisotopic (exact) mass is 263 g/mol. The third-order valence-corrected chi connectivity index (χ3v) is 3.80. The van der Waals surface area contributed by atoms with Crippen molar-refractivity contribution in [1.82, 2.24) is 5.32 Å². The van der Waals surface area contributed by atoms with Crippen LogP contribution in [0, 0.1) is 0 Å². The Balaban J connectivity index is 1.92. The van der Waals surface area contributed by atoms with E-state index in [2.05, 4.69) is 43.4 Å². The quantitative estimate of drug-likeness (QED) is 0.829. The van der Waals surface area contributed by atoms with E-state index in [1.165, 1.54) is 5.56 Å². The highest BCUT2D eigenvalue weighted by atomic mass is 16.5. The van der Waals surface area contributed by atoms with Crippen molar-refractivity contribution >= 4 is 0 Å². The van der Waals surface area contributed by atoms with Gasteiger partial charge in [-0.05, 0) is 29.9 Å². The molecule has 0 bridgehead atoms. The molecule has 0 spiro atoms. The number of hydrogen-bond donors (Lipinski definition) is 2. The summed E-state index contributed by atoms with van der Waals surface area (Å²) in [6.45, 7) is 6.19. The van der Waals surface area contributed by atoms with Gasteiger partial charge in [0.15, 0.2) is 0 Å². The number of hydrogen-bond acceptors (Lipinski definition) is 3. The molecule has 19 heavy (non-hydrogen) atoms. The number of ether oxygens (including phenoxy) is 1. The molecule has 1 aliphatic rings. The zero-order chi connectivity index (χ0) is 13.7. The normalized spacial score (nSPS) is 20.9. The van der Waals surface area contributed by atoms with Gasteiger partial charge in [-0.15, -0.1) is 0 Å². The van der Waals surface area contributed by atoms with Crippen LogP contribution < -0.4 is 5.32 Å². The molecule has 3 nitrogen and oxygen atoms in total. The third kappa shape index (κ3) is 4.03. The van der Waals surface area contributed by atoms with Gasteiger partial charge in [0.05, 0.1) is 18.8 Å². The van der Waals surface area contributed by atoms with Crippen LogP contribution in [-0.2, 0) is 4.74 Å². The van der Waals surface area contributed by atoms with E-state index in [-0.39, 0.29) is 12.6 Å². The molecule has 1 saturated heterocycles. The maximum Gasteiger partial charge on any atom is 0.0700 e. The molecular weight excluding hydrogens is 238 g/mol. The number of aliphatic hydroxyl groups is 1. The summed E-state index contributed by atoms with van der Waals surface area (Å²) in [7, 11) is 0. The molecule has 1 fully saturated rings. The molecule has 1 aromatic rings. The zero-order valence-corrected chi connectivity index (χ0v) is 11.9. The van der Waals surface area contributed by atoms with Crippen molar-refractivity contribution in [2.45, 2.75) is 44.8 Å². The van der Waals surface area contributed by atoms with Gasteiger partial charge in [0.1, 0.15) is 0 Å². The van der Waals surface area contributed by atoms with Crippen LogP contribution in [0.15, 0.2) is 24.3 Å². The van der Waals surface area contributed by atoms with Crippen LogP contribution >= 0.6 is 0 Å². The van der Waals surface area contributed by atoms with Gasteiger partial charge in [0, 0.05) is 13.2 Å². The lowest BCUT2D eigenvalue weighted by molar-refractivity contribution is 0.104. The minimum Gasteiger partial charge on any atom is -0.394 e. The standard InChI is InChI=1S/C16H25NO2/c1-12(2)13-5-7-14(8-6-13)16(11-18)17-10-15-4-3-9-19-15/h5-8,12,15-18H,3-4,9-11H2,1-2H3. The summed E-state index contributed by atoms with van der Waals surface area (Å²) < 4.78 is 5.59. The second-order valence-corrected chi connectivity index (χ2v) is 5.60. The fourth-order valence-electron chi connectivity index (χ4n) is 2.48. The summed E-state index contributed by atoms with van der Waals surface area (Å²) in [6.07, 6.45) is 2.58. The Hall–Kier alpha value is -0.900. The van der Waals surface area contributed by atoms with Crippen LogP contribution in [0.1, 0.15) is 49.8 Å². The van der Waals surface area contributed by atoms with E-state index in [0.29, 0.717) is 12.0 Å². The SMILES string of the molecule is CC(C)c1ccc(C(CO)NCC2CCCO2)cc1. The first-order valence-electron chi connectivity index (χ1n) is 7.26. The first-order chi connectivity index (χ1) is 9.20. The summed E-state index contributed by atoms with van der Waals surface area (Å²) in [5, 5.41) is 12.9. The molecule has 1 heterocycles. The van der Waals surface area contributed by atoms with E-state index in [9.17, 15) is 5.11 Å². The summed E-state index contributed by atoms with van der Waals surface area (Å²) in [4.78, 5) is 0. The largest absolute Gasteiger partial charge is 0.394 e. The van der Waals surface area contributed by atoms with Crippen molar-refractivity contribution in [1.29, 1.82) is 0 Å². The fraction of sp³-hybridized carbons (Fsp3) is 0.625. The molecule has 0 saturated carbocycles. The van der Waals surface area contributed by atoms with Crippen molar-refractivity contribution in [3.63, 3.8) is 0 Å². The minimum atomic E-state index is 0.00501. The molecule has 0 aromatic heterocycles. The number of rotatable bonds is 6. The van der Waals surface area contributed by atoms with Gasteiger partial charge in [-0.1, -0.05) is 38.1 Å². The van der Waals surface area contributed by atoms with Crippen LogP contribution in [0.25, 0.3) is 0 Å². The number of nitrogens with one attached hydrogen (secondary N) is 1. The van der Waals surface area contributed by atoms with Crippen LogP contribution in [-0.4, -0.2) is 31.0 Å². The highest BCUT2D eigenvalue weighted by Crippen LogP contribution is 2.19. The Morgan fingerprint density at radius 2 is 1.95 bits per heavy atom. The van der Waals surface area contributed by atoms with Gasteiger partial charge in [0.2, 0.25) is 0 Å². The molecule has 2 atom stereocenters. The van der Waals surface area contributed by atoms with Crippen molar-refractivity contribution in [3.05, 3.63) is 35.4 Å². The van der Waals surface area contributed by atoms with Gasteiger partial charge in [-0.2, -0.15) is 0 Å². The lowest BCUT2D eigenvalue weighted by atomic mass is 9.99. The van der Waals surface area contributed by atoms with Crippen molar-refractivity contribution in [3.8, 4) is 0 Å². The lowest BCUT2D eigenvalue weighted by Gasteiger charge is -2.20. The number of benzene rings is 1. The van der Waals surface area contributed by atoms with Crippen LogP contribution in [0.5, 0.6) is 0 Å². The van der Waals surface area contributed by atoms with E-state index in [1.807, 2.05) is 0 Å². The summed E-state index contributed by atoms with van der Waals surface area (Å²) in [5.41, 5.74) is 2.48. The first kappa shape index (κ1) is 14.5. The molecule has 0 aliphatic carbocycles. The summed E-state index contributed by atoms with van der Waals surface area (Å²) in [5.74, 6) is 0.543. The predicted molar refractivity (Wildman–Crippen MR) is 77.3 cm³/mol. The second-order valence-electron chi connectivity index (χ2n) is 5.60. The summed E-state index contributed by atoms with van der Waals surface area (Å²) in [6, 6.07) is 8.52. The topological polar surface area (TPSA) is 41.5 Å². The molecule has 0 amide bonds. The van der Waals surface area contributed by atoms with Crippen LogP contribution in [0.2, 0.25) is 0 Å². The molecule has 1 aromatic carbocycles. The Morgan fingerprint density at radius 1 is 1.26 bits per heavy atom. The predicted octanol–water partition coefficient (Wildman–Crippen LogP) is 2.61. The molecular formula is C16H25NO2. The Labute approximate surface area is 116 Å². The zero-order valence-electron chi connectivity index (χ0n) is 11.9. The maximum atomic E-state index is 9.53. The minimum absolute atomic E-state index is 0.00501. The van der Waals surface area contributed by atoms with Gasteiger partial charge >= 0.3 is 0 Å². The Bertz CT molecular complexity index is 369. The second kappa shape index (κ2) is 7.04. The van der Waals surface area contributed by atoms with E-state index in [4.69, 9.17) is 4.74 Å². The molecule has 2 N–H and O–H groups in total. The molecule has 1 aliphatic heterocycles. The van der Waals surface area contributed by atoms with Crippen LogP contribution in [0.4, 0.5) is 0 Å². The van der Waals surface area contributed by atoms with Crippen molar-refractivity contribution < 1.29 is 9.84 Å². The lowest BCUT2D eigenvalue weighted by Crippen LogP contribution is -2.31. The molecule has 2 unspecified atom stereocenters. The van der Waals surface area contributed by atoms with E-state index in [1.54, 1.807) is 0 Å². The third-order valence-electron chi connectivity index (χ3n) is 3.80. The maximum absolute atomic E-state index is 9.53. The van der Waals surface area contributed by atoms with Gasteiger partial charge < -0.3 is 15.2 Å². The Morgan fingerprint density at radius 3 is 2.47 bits per heavy atom. The molecule has 2 rings (SSSR count). The van der Waals surface area contributed by atoms with Crippen molar-refractivity contribution in [2.24, 2.45) is 0 Å². The molecule has 0 radical (unpaired) electrons. The first-order valence-corrected chi connectivity index (χ1v) is 7.26. The smallest absolute Gasteiger partial charge is 0.0700 e. The fourth-order valence-corrected chi connectivity index (χ4v) is 2.48. The van der Waals surface area contributed by atoms with Gasteiger partial charge in [-0.3, -0.25) is 0 Å². The van der Waals surface area contributed by atoms with Crippen molar-refractivity contribution in [2.75, 3.05) is 19.8 Å². The average Bonchev–Trinajstić information content (AvgIpc) is 2.93. The van der Waals surface area contributed by atoms with Crippen LogP contribution in [0.3, 0.4) is 0 Å². The highest BCUT2D eigenvalue weighted by Gasteiger charge is 2.17.